The summed E-state index contributed by atoms with van der Waals surface area (Å²) in [4.78, 5) is 16.4. The molecule has 0 atom stereocenters. The molecule has 0 fully saturated rings. The number of hydrogen-bond acceptors (Lipinski definition) is 3. The molecule has 0 aliphatic heterocycles. The number of nitrogens with one attached hydrogen (secondary N) is 1. The highest BCUT2D eigenvalue weighted by atomic mass is 19.1. The first-order chi connectivity index (χ1) is 14.5. The molecule has 5 heteroatoms. The predicted octanol–water partition coefficient (Wildman–Crippen LogP) is 6.15. The van der Waals surface area contributed by atoms with E-state index in [9.17, 15) is 9.90 Å². The summed E-state index contributed by atoms with van der Waals surface area (Å²) in [6, 6.07) is 19.4. The number of hydrogen-bond donors (Lipinski definition) is 2. The van der Waals surface area contributed by atoms with Gasteiger partial charge in [-0.05, 0) is 55.8 Å². The molecule has 1 heterocycles. The number of pyridine rings is 1. The number of aryl methyl sites for hydroxylation is 1. The molecule has 0 bridgehead atoms. The molecule has 1 aromatic heterocycles. The molecule has 0 aliphatic rings. The van der Waals surface area contributed by atoms with Crippen molar-refractivity contribution >= 4 is 22.6 Å². The van der Waals surface area contributed by atoms with Crippen molar-refractivity contribution in [3.05, 3.63) is 83.7 Å². The Morgan fingerprint density at radius 2 is 1.87 bits per heavy atom. The van der Waals surface area contributed by atoms with Crippen molar-refractivity contribution in [1.29, 1.82) is 0 Å². The van der Waals surface area contributed by atoms with Gasteiger partial charge in [-0.1, -0.05) is 35.9 Å². The Morgan fingerprint density at radius 1 is 1.03 bits per heavy atom. The molecule has 0 aliphatic carbocycles. The molecule has 2 N–H and O–H groups in total. The minimum atomic E-state index is -1.04. The molecule has 0 saturated carbocycles. The number of aromatic nitrogens is 1. The fourth-order valence-electron chi connectivity index (χ4n) is 3.57. The van der Waals surface area contributed by atoms with E-state index in [-0.39, 0.29) is 11.4 Å². The van der Waals surface area contributed by atoms with Crippen LogP contribution in [0.25, 0.3) is 33.3 Å². The first-order valence-electron chi connectivity index (χ1n) is 9.75. The summed E-state index contributed by atoms with van der Waals surface area (Å²) in [6.07, 6.45) is 0. The topological polar surface area (TPSA) is 62.2 Å². The van der Waals surface area contributed by atoms with Crippen molar-refractivity contribution in [1.82, 2.24) is 4.98 Å². The molecule has 0 amide bonds. The first kappa shape index (κ1) is 19.6. The second-order valence-corrected chi connectivity index (χ2v) is 7.19. The third-order valence-electron chi connectivity index (χ3n) is 5.01. The Labute approximate surface area is 174 Å². The van der Waals surface area contributed by atoms with Crippen LogP contribution < -0.4 is 5.32 Å². The summed E-state index contributed by atoms with van der Waals surface area (Å²) in [7, 11) is 0. The zero-order chi connectivity index (χ0) is 21.3. The van der Waals surface area contributed by atoms with Gasteiger partial charge in [-0.3, -0.25) is 0 Å². The average Bonchev–Trinajstić information content (AvgIpc) is 2.73. The van der Waals surface area contributed by atoms with Crippen LogP contribution in [0.3, 0.4) is 0 Å². The van der Waals surface area contributed by atoms with Crippen LogP contribution in [0.15, 0.2) is 66.7 Å². The summed E-state index contributed by atoms with van der Waals surface area (Å²) in [5.74, 6) is -1.42. The summed E-state index contributed by atoms with van der Waals surface area (Å²) >= 11 is 0. The molecule has 0 spiro atoms. The number of rotatable bonds is 5. The standard InChI is InChI=1S/C25H21FN2O2/c1-3-27-18-6-4-5-16(12-18)19-9-8-17(13-22(19)26)24-14-21(25(29)30)20-11-15(2)7-10-23(20)28-24/h4-14,27H,3H2,1-2H3,(H,29,30). The Hall–Kier alpha value is -3.73. The fourth-order valence-corrected chi connectivity index (χ4v) is 3.57. The molecular formula is C25H21FN2O2. The van der Waals surface area contributed by atoms with E-state index in [0.717, 1.165) is 23.4 Å². The fraction of sp³-hybridized carbons (Fsp3) is 0.120. The van der Waals surface area contributed by atoms with Crippen LogP contribution >= 0.6 is 0 Å². The van der Waals surface area contributed by atoms with Crippen LogP contribution in [0.5, 0.6) is 0 Å². The van der Waals surface area contributed by atoms with E-state index in [1.165, 1.54) is 12.1 Å². The van der Waals surface area contributed by atoms with Crippen molar-refractivity contribution in [3.63, 3.8) is 0 Å². The third kappa shape index (κ3) is 3.74. The average molecular weight is 400 g/mol. The highest BCUT2D eigenvalue weighted by molar-refractivity contribution is 6.04. The lowest BCUT2D eigenvalue weighted by molar-refractivity contribution is 0.0699. The number of anilines is 1. The first-order valence-corrected chi connectivity index (χ1v) is 9.75. The SMILES string of the molecule is CCNc1cccc(-c2ccc(-c3cc(C(=O)O)c4cc(C)ccc4n3)cc2F)c1. The highest BCUT2D eigenvalue weighted by Gasteiger charge is 2.15. The number of benzene rings is 3. The van der Waals surface area contributed by atoms with Crippen LogP contribution in [0, 0.1) is 12.7 Å². The number of carboxylic acids is 1. The van der Waals surface area contributed by atoms with Gasteiger partial charge in [0.05, 0.1) is 16.8 Å². The third-order valence-corrected chi connectivity index (χ3v) is 5.01. The normalized spacial score (nSPS) is 10.9. The van der Waals surface area contributed by atoms with E-state index in [1.807, 2.05) is 44.2 Å². The zero-order valence-electron chi connectivity index (χ0n) is 16.7. The van der Waals surface area contributed by atoms with E-state index in [0.29, 0.717) is 27.7 Å². The van der Waals surface area contributed by atoms with E-state index < -0.39 is 5.97 Å². The van der Waals surface area contributed by atoms with Crippen LogP contribution in [0.4, 0.5) is 10.1 Å². The van der Waals surface area contributed by atoms with Gasteiger partial charge in [0.25, 0.3) is 0 Å². The van der Waals surface area contributed by atoms with Gasteiger partial charge < -0.3 is 10.4 Å². The number of carboxylic acid groups (broad SMARTS) is 1. The van der Waals surface area contributed by atoms with Crippen molar-refractivity contribution in [3.8, 4) is 22.4 Å². The van der Waals surface area contributed by atoms with Crippen molar-refractivity contribution < 1.29 is 14.3 Å². The smallest absolute Gasteiger partial charge is 0.336 e. The van der Waals surface area contributed by atoms with Crippen molar-refractivity contribution in [2.24, 2.45) is 0 Å². The van der Waals surface area contributed by atoms with E-state index >= 15 is 4.39 Å². The van der Waals surface area contributed by atoms with E-state index in [2.05, 4.69) is 10.3 Å². The van der Waals surface area contributed by atoms with Gasteiger partial charge in [-0.25, -0.2) is 14.2 Å². The molecular weight excluding hydrogens is 379 g/mol. The lowest BCUT2D eigenvalue weighted by Gasteiger charge is -2.11. The molecule has 4 rings (SSSR count). The van der Waals surface area contributed by atoms with Crippen molar-refractivity contribution in [2.75, 3.05) is 11.9 Å². The largest absolute Gasteiger partial charge is 0.478 e. The van der Waals surface area contributed by atoms with Gasteiger partial charge in [0.1, 0.15) is 5.82 Å². The highest BCUT2D eigenvalue weighted by Crippen LogP contribution is 2.31. The Bertz CT molecular complexity index is 1270. The van der Waals surface area contributed by atoms with Crippen LogP contribution in [-0.4, -0.2) is 22.6 Å². The van der Waals surface area contributed by atoms with Gasteiger partial charge in [-0.15, -0.1) is 0 Å². The second-order valence-electron chi connectivity index (χ2n) is 7.19. The maximum absolute atomic E-state index is 15.0. The molecule has 3 aromatic carbocycles. The number of fused-ring (bicyclic) bond motifs is 1. The molecule has 4 nitrogen and oxygen atoms in total. The summed E-state index contributed by atoms with van der Waals surface area (Å²) in [6.45, 7) is 4.69. The number of nitrogens with zero attached hydrogens (tertiary/aromatic N) is 1. The molecule has 150 valence electrons. The van der Waals surface area contributed by atoms with Crippen LogP contribution in [0.1, 0.15) is 22.8 Å². The van der Waals surface area contributed by atoms with E-state index in [1.54, 1.807) is 24.3 Å². The Morgan fingerprint density at radius 3 is 2.60 bits per heavy atom. The lowest BCUT2D eigenvalue weighted by Crippen LogP contribution is -2.01. The number of halogens is 1. The summed E-state index contributed by atoms with van der Waals surface area (Å²) in [5, 5.41) is 13.5. The number of carbonyl (C=O) groups is 1. The van der Waals surface area contributed by atoms with Gasteiger partial charge in [0.2, 0.25) is 0 Å². The Balaban J connectivity index is 1.80. The number of aromatic carboxylic acids is 1. The monoisotopic (exact) mass is 400 g/mol. The quantitative estimate of drug-likeness (QED) is 0.422. The molecule has 30 heavy (non-hydrogen) atoms. The summed E-state index contributed by atoms with van der Waals surface area (Å²) in [5.41, 5.74) is 4.81. The second kappa shape index (κ2) is 7.95. The van der Waals surface area contributed by atoms with Gasteiger partial charge in [0, 0.05) is 28.7 Å². The van der Waals surface area contributed by atoms with Gasteiger partial charge in [0.15, 0.2) is 0 Å². The van der Waals surface area contributed by atoms with Crippen LogP contribution in [0.2, 0.25) is 0 Å². The van der Waals surface area contributed by atoms with E-state index in [4.69, 9.17) is 0 Å². The Kier molecular flexibility index (Phi) is 5.19. The maximum Gasteiger partial charge on any atom is 0.336 e. The lowest BCUT2D eigenvalue weighted by atomic mass is 9.99. The summed E-state index contributed by atoms with van der Waals surface area (Å²) < 4.78 is 15.0. The van der Waals surface area contributed by atoms with Gasteiger partial charge in [-0.2, -0.15) is 0 Å². The van der Waals surface area contributed by atoms with Gasteiger partial charge >= 0.3 is 5.97 Å². The molecule has 4 aromatic rings. The zero-order valence-corrected chi connectivity index (χ0v) is 16.7. The predicted molar refractivity (Wildman–Crippen MR) is 118 cm³/mol. The maximum atomic E-state index is 15.0. The van der Waals surface area contributed by atoms with Crippen LogP contribution in [-0.2, 0) is 0 Å². The molecule has 0 radical (unpaired) electrons. The molecule has 0 unspecified atom stereocenters. The minimum absolute atomic E-state index is 0.154. The minimum Gasteiger partial charge on any atom is -0.478 e. The van der Waals surface area contributed by atoms with Crippen molar-refractivity contribution in [2.45, 2.75) is 13.8 Å². The molecule has 0 saturated heterocycles.